The summed E-state index contributed by atoms with van der Waals surface area (Å²) in [4.78, 5) is 25.8. The quantitative estimate of drug-likeness (QED) is 0.289. The number of benzene rings is 3. The molecule has 0 aliphatic carbocycles. The average Bonchev–Trinajstić information content (AvgIpc) is 2.88. The van der Waals surface area contributed by atoms with Crippen molar-refractivity contribution < 1.29 is 23.8 Å². The number of ether oxygens (including phenoxy) is 3. The Morgan fingerprint density at radius 3 is 2.18 bits per heavy atom. The average molecular weight is 460 g/mol. The fraction of sp³-hybridized carbons (Fsp3) is 0.115. The van der Waals surface area contributed by atoms with Crippen molar-refractivity contribution in [3.63, 3.8) is 0 Å². The third kappa shape index (κ3) is 6.23. The smallest absolute Gasteiger partial charge is 0.287 e. The van der Waals surface area contributed by atoms with Crippen LogP contribution < -0.4 is 25.0 Å². The molecule has 0 radical (unpaired) electrons. The molecule has 34 heavy (non-hydrogen) atoms. The van der Waals surface area contributed by atoms with Gasteiger partial charge in [0.1, 0.15) is 22.9 Å². The summed E-state index contributed by atoms with van der Waals surface area (Å²) in [6.45, 7) is 0. The molecule has 0 atom stereocenters. The van der Waals surface area contributed by atoms with Gasteiger partial charge in [-0.25, -0.2) is 5.43 Å². The van der Waals surface area contributed by atoms with E-state index in [4.69, 9.17) is 14.2 Å². The molecule has 3 rings (SSSR count). The monoisotopic (exact) mass is 459 g/mol. The third-order valence-corrected chi connectivity index (χ3v) is 4.77. The minimum absolute atomic E-state index is 0.0300. The van der Waals surface area contributed by atoms with Crippen molar-refractivity contribution in [2.75, 3.05) is 21.3 Å². The number of amides is 2. The molecule has 0 aliphatic rings. The fourth-order valence-corrected chi connectivity index (χ4v) is 3.04. The van der Waals surface area contributed by atoms with Gasteiger partial charge in [-0.3, -0.25) is 9.59 Å². The molecule has 8 nitrogen and oxygen atoms in total. The van der Waals surface area contributed by atoms with Gasteiger partial charge in [-0.05, 0) is 48.5 Å². The molecule has 3 aromatic rings. The molecule has 0 saturated carbocycles. The van der Waals surface area contributed by atoms with Gasteiger partial charge < -0.3 is 19.5 Å². The van der Waals surface area contributed by atoms with Gasteiger partial charge in [0.05, 0.1) is 27.5 Å². The molecule has 0 heterocycles. The Kier molecular flexibility index (Phi) is 8.40. The lowest BCUT2D eigenvalue weighted by Gasteiger charge is -2.12. The molecule has 2 amide bonds. The van der Waals surface area contributed by atoms with Crippen LogP contribution in [-0.2, 0) is 4.79 Å². The van der Waals surface area contributed by atoms with Crippen molar-refractivity contribution in [3.05, 3.63) is 95.2 Å². The molecule has 174 valence electrons. The van der Waals surface area contributed by atoms with Crippen LogP contribution in [0.3, 0.4) is 0 Å². The van der Waals surface area contributed by atoms with E-state index in [1.807, 2.05) is 12.1 Å². The van der Waals surface area contributed by atoms with Crippen LogP contribution in [0.15, 0.2) is 83.6 Å². The van der Waals surface area contributed by atoms with Gasteiger partial charge in [0.2, 0.25) is 0 Å². The largest absolute Gasteiger partial charge is 0.497 e. The van der Waals surface area contributed by atoms with Gasteiger partial charge in [0.25, 0.3) is 11.8 Å². The normalized spacial score (nSPS) is 11.1. The van der Waals surface area contributed by atoms with Gasteiger partial charge in [0, 0.05) is 16.7 Å². The van der Waals surface area contributed by atoms with Crippen LogP contribution in [0.5, 0.6) is 17.2 Å². The van der Waals surface area contributed by atoms with Crippen LogP contribution in [0.25, 0.3) is 6.08 Å². The summed E-state index contributed by atoms with van der Waals surface area (Å²) in [7, 11) is 4.60. The fourth-order valence-electron chi connectivity index (χ4n) is 3.04. The van der Waals surface area contributed by atoms with Crippen LogP contribution in [0.4, 0.5) is 0 Å². The first-order valence-corrected chi connectivity index (χ1v) is 10.3. The summed E-state index contributed by atoms with van der Waals surface area (Å²) in [6.07, 6.45) is 2.95. The van der Waals surface area contributed by atoms with Gasteiger partial charge in [-0.2, -0.15) is 5.10 Å². The Bertz CT molecular complexity index is 1210. The molecular formula is C26H25N3O5. The maximum atomic E-state index is 13.0. The number of hydrazone groups is 1. The summed E-state index contributed by atoms with van der Waals surface area (Å²) < 4.78 is 15.9. The predicted molar refractivity (Wildman–Crippen MR) is 130 cm³/mol. The zero-order chi connectivity index (χ0) is 24.3. The Morgan fingerprint density at radius 2 is 1.47 bits per heavy atom. The van der Waals surface area contributed by atoms with E-state index in [1.54, 1.807) is 67.8 Å². The van der Waals surface area contributed by atoms with E-state index < -0.39 is 11.8 Å². The van der Waals surface area contributed by atoms with E-state index >= 15 is 0 Å². The summed E-state index contributed by atoms with van der Waals surface area (Å²) in [6, 6.07) is 20.9. The van der Waals surface area contributed by atoms with E-state index in [0.717, 1.165) is 0 Å². The highest BCUT2D eigenvalue weighted by molar-refractivity contribution is 6.05. The van der Waals surface area contributed by atoms with E-state index in [-0.39, 0.29) is 5.70 Å². The number of rotatable bonds is 9. The van der Waals surface area contributed by atoms with Crippen molar-refractivity contribution in [2.45, 2.75) is 0 Å². The minimum Gasteiger partial charge on any atom is -0.497 e. The Labute approximate surface area is 197 Å². The highest BCUT2D eigenvalue weighted by Crippen LogP contribution is 2.26. The summed E-state index contributed by atoms with van der Waals surface area (Å²) in [5, 5.41) is 6.67. The summed E-state index contributed by atoms with van der Waals surface area (Å²) >= 11 is 0. The van der Waals surface area contributed by atoms with Gasteiger partial charge >= 0.3 is 0 Å². The number of carbonyl (C=O) groups is 2. The second-order valence-electron chi connectivity index (χ2n) is 6.93. The van der Waals surface area contributed by atoms with E-state index in [1.165, 1.54) is 26.5 Å². The molecule has 0 unspecified atom stereocenters. The zero-order valence-corrected chi connectivity index (χ0v) is 19.1. The number of hydrogen-bond acceptors (Lipinski definition) is 6. The number of carbonyl (C=O) groups excluding carboxylic acids is 2. The third-order valence-electron chi connectivity index (χ3n) is 4.77. The van der Waals surface area contributed by atoms with E-state index in [9.17, 15) is 9.59 Å². The first kappa shape index (κ1) is 24.1. The second-order valence-corrected chi connectivity index (χ2v) is 6.93. The van der Waals surface area contributed by atoms with Crippen LogP contribution in [0.2, 0.25) is 0 Å². The number of hydrogen-bond donors (Lipinski definition) is 2. The maximum absolute atomic E-state index is 13.0. The van der Waals surface area contributed by atoms with Gasteiger partial charge in [-0.15, -0.1) is 0 Å². The highest BCUT2D eigenvalue weighted by Gasteiger charge is 2.16. The molecule has 0 fully saturated rings. The summed E-state index contributed by atoms with van der Waals surface area (Å²) in [5.41, 5.74) is 4.03. The lowest BCUT2D eigenvalue weighted by Crippen LogP contribution is -2.32. The van der Waals surface area contributed by atoms with Crippen molar-refractivity contribution in [3.8, 4) is 17.2 Å². The molecule has 2 N–H and O–H groups in total. The van der Waals surface area contributed by atoms with Crippen molar-refractivity contribution in [1.29, 1.82) is 0 Å². The SMILES string of the molecule is COc1ccc(OC)c(C=C(NC(=O)c2ccccc2)C(=O)NN=Cc2ccccc2OC)c1. The van der Waals surface area contributed by atoms with Crippen molar-refractivity contribution in [1.82, 2.24) is 10.7 Å². The van der Waals surface area contributed by atoms with Crippen molar-refractivity contribution >= 4 is 24.1 Å². The minimum atomic E-state index is -0.625. The first-order valence-electron chi connectivity index (χ1n) is 10.3. The molecule has 0 aromatic heterocycles. The lowest BCUT2D eigenvalue weighted by molar-refractivity contribution is -0.117. The lowest BCUT2D eigenvalue weighted by atomic mass is 10.1. The number of nitrogens with zero attached hydrogens (tertiary/aromatic N) is 1. The molecule has 8 heteroatoms. The molecular weight excluding hydrogens is 434 g/mol. The van der Waals surface area contributed by atoms with E-state index in [2.05, 4.69) is 15.8 Å². The van der Waals surface area contributed by atoms with Crippen molar-refractivity contribution in [2.24, 2.45) is 5.10 Å². The number of nitrogens with one attached hydrogen (secondary N) is 2. The molecule has 3 aromatic carbocycles. The maximum Gasteiger partial charge on any atom is 0.287 e. The topological polar surface area (TPSA) is 98.2 Å². The number of para-hydroxylation sites is 1. The van der Waals surface area contributed by atoms with Crippen LogP contribution in [0, 0.1) is 0 Å². The Morgan fingerprint density at radius 1 is 0.794 bits per heavy atom. The predicted octanol–water partition coefficient (Wildman–Crippen LogP) is 3.63. The molecule has 0 spiro atoms. The molecule has 0 bridgehead atoms. The Balaban J connectivity index is 1.91. The zero-order valence-electron chi connectivity index (χ0n) is 19.1. The first-order chi connectivity index (χ1) is 16.5. The second kappa shape index (κ2) is 11.9. The van der Waals surface area contributed by atoms with Gasteiger partial charge in [-0.1, -0.05) is 30.3 Å². The van der Waals surface area contributed by atoms with Gasteiger partial charge in [0.15, 0.2) is 0 Å². The number of methoxy groups -OCH3 is 3. The Hall–Kier alpha value is -4.59. The summed E-state index contributed by atoms with van der Waals surface area (Å²) in [5.74, 6) is 0.598. The highest BCUT2D eigenvalue weighted by atomic mass is 16.5. The molecule has 0 aliphatic heterocycles. The van der Waals surface area contributed by atoms with E-state index in [0.29, 0.717) is 33.9 Å². The molecule has 0 saturated heterocycles. The van der Waals surface area contributed by atoms with Crippen LogP contribution in [0.1, 0.15) is 21.5 Å². The standard InChI is InChI=1S/C26H25N3O5/c1-32-21-13-14-24(34-3)20(15-21)16-22(28-25(30)18-9-5-4-6-10-18)26(31)29-27-17-19-11-7-8-12-23(19)33-2/h4-17H,1-3H3,(H,28,30)(H,29,31). The van der Waals surface area contributed by atoms with Crippen LogP contribution >= 0.6 is 0 Å². The van der Waals surface area contributed by atoms with Crippen LogP contribution in [-0.4, -0.2) is 39.4 Å².